The lowest BCUT2D eigenvalue weighted by atomic mass is 10.2. The van der Waals surface area contributed by atoms with Crippen molar-refractivity contribution in [3.8, 4) is 11.5 Å². The molecule has 2 N–H and O–H groups in total. The largest absolute Gasteiger partial charge is 0.493 e. The Balaban J connectivity index is 1.74. The maximum absolute atomic E-state index is 5.68. The third kappa shape index (κ3) is 5.73. The van der Waals surface area contributed by atoms with E-state index in [1.54, 1.807) is 18.4 Å². The van der Waals surface area contributed by atoms with Crippen molar-refractivity contribution < 1.29 is 9.47 Å². The smallest absolute Gasteiger partial charge is 0.196 e. The monoisotopic (exact) mass is 428 g/mol. The van der Waals surface area contributed by atoms with Crippen molar-refractivity contribution in [3.05, 3.63) is 52.2 Å². The SMILES string of the molecule is CCOc1cc(NC(=NCc2nnc(C)n2C)NCCc2cccs2)ccc1OC. The van der Waals surface area contributed by atoms with E-state index in [0.717, 1.165) is 30.3 Å². The average molecular weight is 429 g/mol. The second-order valence-corrected chi connectivity index (χ2v) is 7.60. The maximum atomic E-state index is 5.68. The molecule has 0 atom stereocenters. The Morgan fingerprint density at radius 2 is 2.10 bits per heavy atom. The number of rotatable bonds is 9. The number of anilines is 1. The van der Waals surface area contributed by atoms with Gasteiger partial charge in [0.05, 0.1) is 13.7 Å². The van der Waals surface area contributed by atoms with Crippen molar-refractivity contribution >= 4 is 23.0 Å². The third-order valence-corrected chi connectivity index (χ3v) is 5.47. The fourth-order valence-corrected chi connectivity index (χ4v) is 3.51. The van der Waals surface area contributed by atoms with Crippen LogP contribution in [0, 0.1) is 6.92 Å². The predicted molar refractivity (Wildman–Crippen MR) is 121 cm³/mol. The highest BCUT2D eigenvalue weighted by Gasteiger charge is 2.09. The Morgan fingerprint density at radius 3 is 2.77 bits per heavy atom. The first-order chi connectivity index (χ1) is 14.6. The zero-order chi connectivity index (χ0) is 21.3. The standard InChI is InChI=1S/C21H28N6O2S/c1-5-29-19-13-16(8-9-18(19)28-4)24-21(22-11-10-17-7-6-12-30-17)23-14-20-26-25-15(2)27(20)3/h6-9,12-13H,5,10-11,14H2,1-4H3,(H2,22,23,24). The third-order valence-electron chi connectivity index (χ3n) is 4.53. The van der Waals surface area contributed by atoms with Crippen LogP contribution >= 0.6 is 11.3 Å². The molecule has 9 heteroatoms. The number of nitrogens with one attached hydrogen (secondary N) is 2. The average Bonchev–Trinajstić information content (AvgIpc) is 3.37. The van der Waals surface area contributed by atoms with Gasteiger partial charge in [0.2, 0.25) is 0 Å². The molecule has 30 heavy (non-hydrogen) atoms. The highest BCUT2D eigenvalue weighted by atomic mass is 32.1. The number of thiophene rings is 1. The number of nitrogens with zero attached hydrogens (tertiary/aromatic N) is 4. The van der Waals surface area contributed by atoms with Crippen molar-refractivity contribution in [2.45, 2.75) is 26.8 Å². The number of hydrogen-bond donors (Lipinski definition) is 2. The molecule has 2 aromatic heterocycles. The Labute approximate surface area is 181 Å². The summed E-state index contributed by atoms with van der Waals surface area (Å²) in [5.74, 6) is 3.71. The van der Waals surface area contributed by atoms with Gasteiger partial charge < -0.3 is 24.7 Å². The van der Waals surface area contributed by atoms with E-state index >= 15 is 0 Å². The molecule has 2 heterocycles. The molecule has 0 spiro atoms. The quantitative estimate of drug-likeness (QED) is 0.401. The number of aliphatic imine (C=N–C) groups is 1. The number of ether oxygens (including phenoxy) is 2. The summed E-state index contributed by atoms with van der Waals surface area (Å²) in [6, 6.07) is 9.92. The van der Waals surface area contributed by atoms with Crippen LogP contribution in [0.5, 0.6) is 11.5 Å². The highest BCUT2D eigenvalue weighted by Crippen LogP contribution is 2.30. The van der Waals surface area contributed by atoms with Gasteiger partial charge in [0.1, 0.15) is 12.4 Å². The lowest BCUT2D eigenvalue weighted by molar-refractivity contribution is 0.311. The van der Waals surface area contributed by atoms with Crippen LogP contribution < -0.4 is 20.1 Å². The fraction of sp³-hybridized carbons (Fsp3) is 0.381. The van der Waals surface area contributed by atoms with Crippen molar-refractivity contribution in [1.29, 1.82) is 0 Å². The van der Waals surface area contributed by atoms with Gasteiger partial charge in [-0.25, -0.2) is 4.99 Å². The van der Waals surface area contributed by atoms with Crippen LogP contribution in [0.4, 0.5) is 5.69 Å². The van der Waals surface area contributed by atoms with E-state index in [2.05, 4.69) is 38.3 Å². The summed E-state index contributed by atoms with van der Waals surface area (Å²) in [6.45, 7) is 5.61. The summed E-state index contributed by atoms with van der Waals surface area (Å²) in [5, 5.41) is 17.1. The number of aromatic nitrogens is 3. The van der Waals surface area contributed by atoms with Gasteiger partial charge in [-0.15, -0.1) is 21.5 Å². The Hall–Kier alpha value is -3.07. The minimum Gasteiger partial charge on any atom is -0.493 e. The molecule has 0 unspecified atom stereocenters. The molecule has 160 valence electrons. The molecule has 3 aromatic rings. The molecule has 0 aliphatic rings. The fourth-order valence-electron chi connectivity index (χ4n) is 2.80. The molecule has 1 aromatic carbocycles. The van der Waals surface area contributed by atoms with Crippen LogP contribution in [-0.4, -0.2) is 41.0 Å². The van der Waals surface area contributed by atoms with E-state index in [0.29, 0.717) is 30.6 Å². The lowest BCUT2D eigenvalue weighted by Crippen LogP contribution is -2.32. The highest BCUT2D eigenvalue weighted by molar-refractivity contribution is 7.09. The minimum absolute atomic E-state index is 0.417. The van der Waals surface area contributed by atoms with Gasteiger partial charge in [-0.3, -0.25) is 0 Å². The normalized spacial score (nSPS) is 11.4. The lowest BCUT2D eigenvalue weighted by Gasteiger charge is -2.15. The van der Waals surface area contributed by atoms with Gasteiger partial charge in [-0.1, -0.05) is 6.07 Å². The van der Waals surface area contributed by atoms with Crippen LogP contribution in [0.3, 0.4) is 0 Å². The second-order valence-electron chi connectivity index (χ2n) is 6.57. The number of benzene rings is 1. The number of guanidine groups is 1. The molecule has 0 aliphatic carbocycles. The molecule has 0 bridgehead atoms. The van der Waals surface area contributed by atoms with Gasteiger partial charge in [-0.2, -0.15) is 0 Å². The summed E-state index contributed by atoms with van der Waals surface area (Å²) in [7, 11) is 3.57. The Morgan fingerprint density at radius 1 is 1.23 bits per heavy atom. The van der Waals surface area contributed by atoms with E-state index in [9.17, 15) is 0 Å². The molecule has 0 saturated heterocycles. The van der Waals surface area contributed by atoms with Crippen molar-refractivity contribution in [1.82, 2.24) is 20.1 Å². The van der Waals surface area contributed by atoms with Crippen LogP contribution in [0.2, 0.25) is 0 Å². The number of methoxy groups -OCH3 is 1. The Kier molecular flexibility index (Phi) is 7.67. The molecular weight excluding hydrogens is 400 g/mol. The first-order valence-corrected chi connectivity index (χ1v) is 10.7. The second kappa shape index (κ2) is 10.6. The van der Waals surface area contributed by atoms with Gasteiger partial charge in [0.25, 0.3) is 0 Å². The molecule has 0 amide bonds. The zero-order valence-corrected chi connectivity index (χ0v) is 18.6. The molecular formula is C21H28N6O2S. The molecule has 3 rings (SSSR count). The van der Waals surface area contributed by atoms with Gasteiger partial charge in [-0.05, 0) is 43.8 Å². The number of aryl methyl sites for hydroxylation is 1. The van der Waals surface area contributed by atoms with Crippen LogP contribution in [0.1, 0.15) is 23.4 Å². The van der Waals surface area contributed by atoms with E-state index in [4.69, 9.17) is 14.5 Å². The molecule has 8 nitrogen and oxygen atoms in total. The topological polar surface area (TPSA) is 85.6 Å². The maximum Gasteiger partial charge on any atom is 0.196 e. The summed E-state index contributed by atoms with van der Waals surface area (Å²) >= 11 is 1.75. The van der Waals surface area contributed by atoms with E-state index in [-0.39, 0.29) is 0 Å². The van der Waals surface area contributed by atoms with Gasteiger partial charge in [0.15, 0.2) is 23.3 Å². The van der Waals surface area contributed by atoms with Crippen LogP contribution in [0.15, 0.2) is 40.7 Å². The van der Waals surface area contributed by atoms with Crippen molar-refractivity contribution in [3.63, 3.8) is 0 Å². The molecule has 0 fully saturated rings. The van der Waals surface area contributed by atoms with E-state index in [1.165, 1.54) is 4.88 Å². The summed E-state index contributed by atoms with van der Waals surface area (Å²) in [5.41, 5.74) is 0.857. The van der Waals surface area contributed by atoms with Crippen LogP contribution in [-0.2, 0) is 20.0 Å². The predicted octanol–water partition coefficient (Wildman–Crippen LogP) is 3.39. The van der Waals surface area contributed by atoms with Gasteiger partial charge in [0, 0.05) is 30.2 Å². The molecule has 0 saturated carbocycles. The van der Waals surface area contributed by atoms with E-state index in [1.807, 2.05) is 43.7 Å². The minimum atomic E-state index is 0.417. The zero-order valence-electron chi connectivity index (χ0n) is 17.8. The van der Waals surface area contributed by atoms with Crippen LogP contribution in [0.25, 0.3) is 0 Å². The summed E-state index contributed by atoms with van der Waals surface area (Å²) in [6.07, 6.45) is 0.925. The molecule has 0 aliphatic heterocycles. The molecule has 0 radical (unpaired) electrons. The van der Waals surface area contributed by atoms with Gasteiger partial charge >= 0.3 is 0 Å². The number of hydrogen-bond acceptors (Lipinski definition) is 6. The first kappa shape index (κ1) is 21.6. The first-order valence-electron chi connectivity index (χ1n) is 9.84. The Bertz CT molecular complexity index is 968. The van der Waals surface area contributed by atoms with Crippen molar-refractivity contribution in [2.24, 2.45) is 12.0 Å². The summed E-state index contributed by atoms with van der Waals surface area (Å²) < 4.78 is 13.0. The summed E-state index contributed by atoms with van der Waals surface area (Å²) in [4.78, 5) is 6.03. The van der Waals surface area contributed by atoms with E-state index < -0.39 is 0 Å². The van der Waals surface area contributed by atoms with Crippen molar-refractivity contribution in [2.75, 3.05) is 25.6 Å².